The van der Waals surface area contributed by atoms with Crippen LogP contribution in [0, 0.1) is 0 Å². The van der Waals surface area contributed by atoms with Gasteiger partial charge in [-0.05, 0) is 25.3 Å². The quantitative estimate of drug-likeness (QED) is 0.852. The lowest BCUT2D eigenvalue weighted by Gasteiger charge is -2.27. The highest BCUT2D eigenvalue weighted by Crippen LogP contribution is 2.28. The van der Waals surface area contributed by atoms with Gasteiger partial charge in [0.1, 0.15) is 17.0 Å². The van der Waals surface area contributed by atoms with Crippen molar-refractivity contribution in [1.29, 1.82) is 0 Å². The van der Waals surface area contributed by atoms with Crippen molar-refractivity contribution >= 4 is 27.4 Å². The van der Waals surface area contributed by atoms with Crippen LogP contribution in [0.2, 0.25) is 0 Å². The maximum Gasteiger partial charge on any atom is 0.138 e. The molecule has 2 aromatic heterocycles. The summed E-state index contributed by atoms with van der Waals surface area (Å²) in [7, 11) is 0. The molecule has 4 nitrogen and oxygen atoms in total. The Morgan fingerprint density at radius 3 is 2.63 bits per heavy atom. The predicted octanol–water partition coefficient (Wildman–Crippen LogP) is 3.18. The molecule has 0 aromatic carbocycles. The van der Waals surface area contributed by atoms with Gasteiger partial charge in [-0.3, -0.25) is 0 Å². The average Bonchev–Trinajstić information content (AvgIpc) is 2.88. The van der Waals surface area contributed by atoms with E-state index in [-0.39, 0.29) is 5.54 Å². The zero-order chi connectivity index (χ0) is 13.9. The van der Waals surface area contributed by atoms with E-state index in [1.54, 1.807) is 17.7 Å². The largest absolute Gasteiger partial charge is 0.368 e. The standard InChI is InChI=1S/C14H22N4S/c1-4-10-7-11-12(17-9-18-13(11)19-10)16-8-14(15,5-2)6-3/h7,9H,4-6,8,15H2,1-3H3,(H,16,17,18). The van der Waals surface area contributed by atoms with E-state index in [4.69, 9.17) is 5.73 Å². The zero-order valence-corrected chi connectivity index (χ0v) is 12.7. The number of nitrogens with two attached hydrogens (primary N) is 1. The van der Waals surface area contributed by atoms with Crippen LogP contribution in [-0.2, 0) is 6.42 Å². The molecule has 0 aliphatic rings. The molecule has 0 aliphatic carbocycles. The van der Waals surface area contributed by atoms with E-state index in [1.165, 1.54) is 4.88 Å². The molecule has 0 unspecified atom stereocenters. The van der Waals surface area contributed by atoms with E-state index in [0.717, 1.165) is 41.8 Å². The number of fused-ring (bicyclic) bond motifs is 1. The highest BCUT2D eigenvalue weighted by atomic mass is 32.1. The van der Waals surface area contributed by atoms with Gasteiger partial charge in [-0.2, -0.15) is 0 Å². The van der Waals surface area contributed by atoms with E-state index < -0.39 is 0 Å². The van der Waals surface area contributed by atoms with Crippen LogP contribution in [0.4, 0.5) is 5.82 Å². The third-order valence-electron chi connectivity index (χ3n) is 3.75. The number of nitrogens with zero attached hydrogens (tertiary/aromatic N) is 2. The summed E-state index contributed by atoms with van der Waals surface area (Å²) in [5.74, 6) is 0.901. The van der Waals surface area contributed by atoms with Gasteiger partial charge in [0.05, 0.1) is 5.39 Å². The summed E-state index contributed by atoms with van der Waals surface area (Å²) in [5, 5.41) is 4.51. The Kier molecular flexibility index (Phi) is 4.37. The fraction of sp³-hybridized carbons (Fsp3) is 0.571. The van der Waals surface area contributed by atoms with Crippen LogP contribution in [0.15, 0.2) is 12.4 Å². The van der Waals surface area contributed by atoms with Crippen molar-refractivity contribution in [2.45, 2.75) is 45.6 Å². The van der Waals surface area contributed by atoms with E-state index in [9.17, 15) is 0 Å². The second-order valence-corrected chi connectivity index (χ2v) is 6.05. The molecule has 104 valence electrons. The topological polar surface area (TPSA) is 63.8 Å². The first kappa shape index (κ1) is 14.2. The molecule has 0 radical (unpaired) electrons. The third kappa shape index (κ3) is 3.04. The van der Waals surface area contributed by atoms with Crippen molar-refractivity contribution in [2.24, 2.45) is 5.73 Å². The average molecular weight is 278 g/mol. The van der Waals surface area contributed by atoms with Crippen molar-refractivity contribution in [1.82, 2.24) is 9.97 Å². The first-order valence-corrected chi connectivity index (χ1v) is 7.69. The minimum Gasteiger partial charge on any atom is -0.368 e. The zero-order valence-electron chi connectivity index (χ0n) is 11.9. The van der Waals surface area contributed by atoms with E-state index in [1.807, 2.05) is 0 Å². The van der Waals surface area contributed by atoms with Crippen molar-refractivity contribution < 1.29 is 0 Å². The Bertz CT molecular complexity index is 545. The van der Waals surface area contributed by atoms with Crippen molar-refractivity contribution in [3.8, 4) is 0 Å². The molecule has 2 heterocycles. The summed E-state index contributed by atoms with van der Waals surface area (Å²) in [6, 6.07) is 2.18. The minimum atomic E-state index is -0.166. The number of rotatable bonds is 6. The maximum atomic E-state index is 6.32. The molecule has 0 bridgehead atoms. The normalized spacial score (nSPS) is 12.0. The molecule has 2 rings (SSSR count). The Hall–Kier alpha value is -1.20. The number of thiophene rings is 1. The molecule has 0 aliphatic heterocycles. The molecule has 0 saturated carbocycles. The van der Waals surface area contributed by atoms with Gasteiger partial charge in [0.2, 0.25) is 0 Å². The Labute approximate surface area is 118 Å². The molecule has 0 fully saturated rings. The van der Waals surface area contributed by atoms with Gasteiger partial charge in [0, 0.05) is 17.0 Å². The van der Waals surface area contributed by atoms with Gasteiger partial charge in [-0.25, -0.2) is 9.97 Å². The monoisotopic (exact) mass is 278 g/mol. The summed E-state index contributed by atoms with van der Waals surface area (Å²) < 4.78 is 0. The highest BCUT2D eigenvalue weighted by Gasteiger charge is 2.20. The first-order chi connectivity index (χ1) is 9.11. The molecule has 0 saturated heterocycles. The fourth-order valence-corrected chi connectivity index (χ4v) is 2.92. The van der Waals surface area contributed by atoms with Crippen LogP contribution in [0.5, 0.6) is 0 Å². The second kappa shape index (κ2) is 5.84. The van der Waals surface area contributed by atoms with Crippen molar-refractivity contribution in [3.63, 3.8) is 0 Å². The molecule has 5 heteroatoms. The molecule has 0 amide bonds. The van der Waals surface area contributed by atoms with Gasteiger partial charge in [0.25, 0.3) is 0 Å². The van der Waals surface area contributed by atoms with Crippen molar-refractivity contribution in [2.75, 3.05) is 11.9 Å². The van der Waals surface area contributed by atoms with Crippen LogP contribution in [-0.4, -0.2) is 22.1 Å². The van der Waals surface area contributed by atoms with Crippen LogP contribution >= 0.6 is 11.3 Å². The molecular formula is C14H22N4S. The Balaban J connectivity index is 2.23. The van der Waals surface area contributed by atoms with E-state index in [0.29, 0.717) is 0 Å². The molecular weight excluding hydrogens is 256 g/mol. The molecule has 2 aromatic rings. The molecule has 0 atom stereocenters. The van der Waals surface area contributed by atoms with Crippen molar-refractivity contribution in [3.05, 3.63) is 17.3 Å². The number of aromatic nitrogens is 2. The predicted molar refractivity (Wildman–Crippen MR) is 82.8 cm³/mol. The highest BCUT2D eigenvalue weighted by molar-refractivity contribution is 7.18. The van der Waals surface area contributed by atoms with Gasteiger partial charge in [0.15, 0.2) is 0 Å². The smallest absolute Gasteiger partial charge is 0.138 e. The van der Waals surface area contributed by atoms with E-state index >= 15 is 0 Å². The molecule has 3 N–H and O–H groups in total. The fourth-order valence-electron chi connectivity index (χ4n) is 1.98. The molecule has 19 heavy (non-hydrogen) atoms. The first-order valence-electron chi connectivity index (χ1n) is 6.88. The maximum absolute atomic E-state index is 6.32. The summed E-state index contributed by atoms with van der Waals surface area (Å²) in [6.07, 6.45) is 4.56. The number of nitrogens with one attached hydrogen (secondary N) is 1. The van der Waals surface area contributed by atoms with Gasteiger partial charge >= 0.3 is 0 Å². The van der Waals surface area contributed by atoms with Crippen LogP contribution in [0.3, 0.4) is 0 Å². The summed E-state index contributed by atoms with van der Waals surface area (Å²) in [6.45, 7) is 7.15. The summed E-state index contributed by atoms with van der Waals surface area (Å²) in [4.78, 5) is 11.1. The van der Waals surface area contributed by atoms with Crippen LogP contribution in [0.25, 0.3) is 10.2 Å². The lowest BCUT2D eigenvalue weighted by molar-refractivity contribution is 0.418. The molecule has 0 spiro atoms. The summed E-state index contributed by atoms with van der Waals surface area (Å²) >= 11 is 1.73. The van der Waals surface area contributed by atoms with Crippen LogP contribution in [0.1, 0.15) is 38.5 Å². The summed E-state index contributed by atoms with van der Waals surface area (Å²) in [5.41, 5.74) is 6.15. The van der Waals surface area contributed by atoms with Gasteiger partial charge in [-0.15, -0.1) is 11.3 Å². The van der Waals surface area contributed by atoms with E-state index in [2.05, 4.69) is 42.1 Å². The Morgan fingerprint density at radius 2 is 2.00 bits per heavy atom. The number of hydrogen-bond acceptors (Lipinski definition) is 5. The van der Waals surface area contributed by atoms with Gasteiger partial charge < -0.3 is 11.1 Å². The van der Waals surface area contributed by atoms with Crippen LogP contribution < -0.4 is 11.1 Å². The van der Waals surface area contributed by atoms with Gasteiger partial charge in [-0.1, -0.05) is 20.8 Å². The third-order valence-corrected chi connectivity index (χ3v) is 4.93. The lowest BCUT2D eigenvalue weighted by atomic mass is 9.94. The Morgan fingerprint density at radius 1 is 1.26 bits per heavy atom. The SMILES string of the molecule is CCc1cc2c(NCC(N)(CC)CC)ncnc2s1. The number of aryl methyl sites for hydroxylation is 1. The number of anilines is 1. The number of hydrogen-bond donors (Lipinski definition) is 2. The second-order valence-electron chi connectivity index (χ2n) is 4.93. The minimum absolute atomic E-state index is 0.166. The lowest BCUT2D eigenvalue weighted by Crippen LogP contribution is -2.45.